The highest BCUT2D eigenvalue weighted by Crippen LogP contribution is 2.44. The summed E-state index contributed by atoms with van der Waals surface area (Å²) in [6, 6.07) is 80.0. The van der Waals surface area contributed by atoms with Gasteiger partial charge >= 0.3 is 0 Å². The predicted octanol–water partition coefficient (Wildman–Crippen LogP) is 17.4. The van der Waals surface area contributed by atoms with Crippen LogP contribution in [-0.2, 0) is 0 Å². The van der Waals surface area contributed by atoms with Crippen LogP contribution in [0.25, 0.3) is 154 Å². The normalized spacial score (nSPS) is 12.2. The summed E-state index contributed by atoms with van der Waals surface area (Å²) >= 11 is 0. The third kappa shape index (κ3) is 5.79. The first-order valence-electron chi connectivity index (χ1n) is 25.8. The van der Waals surface area contributed by atoms with Gasteiger partial charge in [-0.15, -0.1) is 0 Å². The molecule has 0 amide bonds. The van der Waals surface area contributed by atoms with Gasteiger partial charge in [0, 0.05) is 113 Å². The molecule has 352 valence electrons. The van der Waals surface area contributed by atoms with Gasteiger partial charge in [-0.1, -0.05) is 103 Å². The van der Waals surface area contributed by atoms with Crippen LogP contribution in [0, 0.1) is 0 Å². The van der Waals surface area contributed by atoms with Crippen LogP contribution in [0.5, 0.6) is 0 Å². The number of aromatic nitrogens is 7. The molecule has 0 radical (unpaired) electrons. The highest BCUT2D eigenvalue weighted by atomic mass is 15.0. The van der Waals surface area contributed by atoms with E-state index in [9.17, 15) is 0 Å². The van der Waals surface area contributed by atoms with Gasteiger partial charge in [0.25, 0.3) is 0 Å². The first-order valence-corrected chi connectivity index (χ1v) is 25.8. The molecular weight excluding hydrogens is 927 g/mol. The molecule has 10 aromatic carbocycles. The second kappa shape index (κ2) is 15.6. The third-order valence-electron chi connectivity index (χ3n) is 16.1. The van der Waals surface area contributed by atoms with Crippen LogP contribution in [0.1, 0.15) is 0 Å². The van der Waals surface area contributed by atoms with Crippen molar-refractivity contribution in [2.45, 2.75) is 0 Å². The van der Waals surface area contributed by atoms with E-state index in [-0.39, 0.29) is 0 Å². The van der Waals surface area contributed by atoms with Gasteiger partial charge in [-0.2, -0.15) is 0 Å². The van der Waals surface area contributed by atoms with E-state index in [0.717, 1.165) is 93.9 Å². The molecule has 0 saturated carbocycles. The van der Waals surface area contributed by atoms with Crippen molar-refractivity contribution < 1.29 is 0 Å². The lowest BCUT2D eigenvalue weighted by atomic mass is 9.99. The third-order valence-corrected chi connectivity index (χ3v) is 16.1. The van der Waals surface area contributed by atoms with Gasteiger partial charge < -0.3 is 18.3 Å². The number of pyridine rings is 3. The molecule has 76 heavy (non-hydrogen) atoms. The summed E-state index contributed by atoms with van der Waals surface area (Å²) in [7, 11) is 0. The van der Waals surface area contributed by atoms with Gasteiger partial charge in [0.1, 0.15) is 0 Å². The van der Waals surface area contributed by atoms with E-state index >= 15 is 0 Å². The smallest absolute Gasteiger partial charge is 0.0723 e. The summed E-state index contributed by atoms with van der Waals surface area (Å²) in [6.45, 7) is 0. The number of fused-ring (bicyclic) bond motifs is 15. The van der Waals surface area contributed by atoms with E-state index in [2.05, 4.69) is 236 Å². The number of hydrogen-bond acceptors (Lipinski definition) is 3. The molecule has 17 rings (SSSR count). The van der Waals surface area contributed by atoms with Crippen LogP contribution in [0.2, 0.25) is 0 Å². The van der Waals surface area contributed by atoms with Gasteiger partial charge in [-0.3, -0.25) is 15.0 Å². The minimum atomic E-state index is 0.975. The van der Waals surface area contributed by atoms with Crippen molar-refractivity contribution in [2.24, 2.45) is 0 Å². The molecule has 7 aromatic heterocycles. The standard InChI is InChI=1S/C69H41N7/c1-2-12-46(13-3-1)73-65-33-43(25-28-52(65)58-38-69-57(37-66(58)73)51-16-6-9-21-63(51)76(69)64-22-10-18-60-53(64)17-11-30-72-60)59-41-71-40-45-24-27-48(34-54(45)59)75-62-20-8-5-15-50(62)56-35-67-55(36-68(56)75)49-14-4-7-19-61(49)74(67)47-26-23-44-39-70-31-29-42(44)32-47/h1-41H. The lowest BCUT2D eigenvalue weighted by molar-refractivity contribution is 1.18. The summed E-state index contributed by atoms with van der Waals surface area (Å²) < 4.78 is 9.74. The lowest BCUT2D eigenvalue weighted by Gasteiger charge is -2.13. The summed E-state index contributed by atoms with van der Waals surface area (Å²) in [5, 5.41) is 15.3. The molecule has 0 N–H and O–H groups in total. The van der Waals surface area contributed by atoms with Crippen molar-refractivity contribution in [1.82, 2.24) is 33.2 Å². The highest BCUT2D eigenvalue weighted by molar-refractivity contribution is 6.21. The van der Waals surface area contributed by atoms with Crippen LogP contribution in [0.3, 0.4) is 0 Å². The monoisotopic (exact) mass is 967 g/mol. The van der Waals surface area contributed by atoms with E-state index in [4.69, 9.17) is 9.97 Å². The molecular formula is C69H41N7. The van der Waals surface area contributed by atoms with Crippen LogP contribution in [0.4, 0.5) is 0 Å². The number of nitrogens with zero attached hydrogens (tertiary/aromatic N) is 7. The fraction of sp³-hybridized carbons (Fsp3) is 0. The SMILES string of the molecule is c1ccc(-n2c3cc(-c4cncc5ccc(-n6c7ccccc7c7cc8c(cc76)c6ccccc6n8-c6ccc7cnccc7c6)cc45)ccc3c3cc4c(cc32)c2ccccc2n4-c2cccc3ncccc23)cc1. The fourth-order valence-corrected chi connectivity index (χ4v) is 12.8. The molecule has 0 atom stereocenters. The molecule has 7 nitrogen and oxygen atoms in total. The average Bonchev–Trinajstić information content (AvgIpc) is 4.29. The first kappa shape index (κ1) is 41.1. The Bertz CT molecular complexity index is 5300. The number of hydrogen-bond donors (Lipinski definition) is 0. The number of para-hydroxylation sites is 4. The largest absolute Gasteiger partial charge is 0.309 e. The Labute approximate surface area is 434 Å². The average molecular weight is 968 g/mol. The second-order valence-corrected chi connectivity index (χ2v) is 20.1. The van der Waals surface area contributed by atoms with Crippen LogP contribution in [-0.4, -0.2) is 33.2 Å². The maximum absolute atomic E-state index is 4.88. The van der Waals surface area contributed by atoms with Crippen molar-refractivity contribution >= 4 is 120 Å². The van der Waals surface area contributed by atoms with Gasteiger partial charge in [-0.05, 0) is 132 Å². The maximum Gasteiger partial charge on any atom is 0.0723 e. The summed E-state index contributed by atoms with van der Waals surface area (Å²) in [4.78, 5) is 14.0. The fourth-order valence-electron chi connectivity index (χ4n) is 12.8. The molecule has 7 heteroatoms. The topological polar surface area (TPSA) is 58.4 Å². The Morgan fingerprint density at radius 3 is 1.51 bits per heavy atom. The highest BCUT2D eigenvalue weighted by Gasteiger charge is 2.22. The summed E-state index contributed by atoms with van der Waals surface area (Å²) in [6.07, 6.45) is 9.71. The van der Waals surface area contributed by atoms with E-state index in [0.29, 0.717) is 0 Å². The Kier molecular flexibility index (Phi) is 8.43. The molecule has 17 aromatic rings. The van der Waals surface area contributed by atoms with E-state index < -0.39 is 0 Å². The van der Waals surface area contributed by atoms with Crippen LogP contribution in [0.15, 0.2) is 249 Å². The van der Waals surface area contributed by atoms with Crippen molar-refractivity contribution in [3.63, 3.8) is 0 Å². The van der Waals surface area contributed by atoms with Gasteiger partial charge in [0.2, 0.25) is 0 Å². The Balaban J connectivity index is 0.877. The molecule has 7 heterocycles. The Morgan fingerprint density at radius 2 is 0.816 bits per heavy atom. The minimum Gasteiger partial charge on any atom is -0.309 e. The number of rotatable bonds is 5. The Hall–Kier alpha value is -10.4. The second-order valence-electron chi connectivity index (χ2n) is 20.1. The number of benzene rings is 10. The Morgan fingerprint density at radius 1 is 0.263 bits per heavy atom. The minimum absolute atomic E-state index is 0.975. The molecule has 0 aliphatic heterocycles. The van der Waals surface area contributed by atoms with Crippen LogP contribution < -0.4 is 0 Å². The first-order chi connectivity index (χ1) is 37.7. The zero-order chi connectivity index (χ0) is 49.6. The molecule has 0 fully saturated rings. The van der Waals surface area contributed by atoms with E-state index in [1.807, 2.05) is 37.1 Å². The molecule has 0 bridgehead atoms. The zero-order valence-electron chi connectivity index (χ0n) is 40.8. The van der Waals surface area contributed by atoms with Crippen molar-refractivity contribution in [3.05, 3.63) is 249 Å². The van der Waals surface area contributed by atoms with Gasteiger partial charge in [0.05, 0.1) is 55.3 Å². The van der Waals surface area contributed by atoms with Crippen LogP contribution >= 0.6 is 0 Å². The van der Waals surface area contributed by atoms with Crippen molar-refractivity contribution in [1.29, 1.82) is 0 Å². The van der Waals surface area contributed by atoms with E-state index in [1.165, 1.54) is 59.6 Å². The van der Waals surface area contributed by atoms with Crippen molar-refractivity contribution in [3.8, 4) is 33.9 Å². The molecule has 0 aliphatic rings. The lowest BCUT2D eigenvalue weighted by Crippen LogP contribution is -1.96. The molecule has 0 spiro atoms. The van der Waals surface area contributed by atoms with Gasteiger partial charge in [0.15, 0.2) is 0 Å². The molecule has 0 unspecified atom stereocenters. The van der Waals surface area contributed by atoms with Gasteiger partial charge in [-0.25, -0.2) is 0 Å². The summed E-state index contributed by atoms with van der Waals surface area (Å²) in [5.41, 5.74) is 16.9. The van der Waals surface area contributed by atoms with Crippen molar-refractivity contribution in [2.75, 3.05) is 0 Å². The quantitative estimate of drug-likeness (QED) is 0.173. The molecule has 0 saturated heterocycles. The van der Waals surface area contributed by atoms with E-state index in [1.54, 1.807) is 0 Å². The predicted molar refractivity (Wildman–Crippen MR) is 315 cm³/mol. The molecule has 0 aliphatic carbocycles. The maximum atomic E-state index is 4.88. The summed E-state index contributed by atoms with van der Waals surface area (Å²) in [5.74, 6) is 0. The zero-order valence-corrected chi connectivity index (χ0v) is 40.8.